The Bertz CT molecular complexity index is 571. The minimum Gasteiger partial charge on any atom is -0.481 e. The quantitative estimate of drug-likeness (QED) is 0.828. The first-order chi connectivity index (χ1) is 8.58. The Morgan fingerprint density at radius 3 is 2.89 bits per heavy atom. The van der Waals surface area contributed by atoms with Crippen LogP contribution in [0.25, 0.3) is 5.65 Å². The van der Waals surface area contributed by atoms with Crippen molar-refractivity contribution in [3.8, 4) is 0 Å². The van der Waals surface area contributed by atoms with Crippen LogP contribution in [-0.2, 0) is 4.79 Å². The van der Waals surface area contributed by atoms with E-state index in [9.17, 15) is 13.6 Å². The lowest BCUT2D eigenvalue weighted by Crippen LogP contribution is -2.10. The molecule has 0 aliphatic rings. The molecule has 0 spiro atoms. The van der Waals surface area contributed by atoms with Gasteiger partial charge in [0.15, 0.2) is 5.65 Å². The van der Waals surface area contributed by atoms with Crippen LogP contribution in [0.1, 0.15) is 18.7 Å². The molecule has 0 aromatic carbocycles. The second-order valence-electron chi connectivity index (χ2n) is 3.42. The van der Waals surface area contributed by atoms with Crippen molar-refractivity contribution >= 4 is 17.4 Å². The highest BCUT2D eigenvalue weighted by molar-refractivity contribution is 5.67. The fourth-order valence-electron chi connectivity index (χ4n) is 1.33. The van der Waals surface area contributed by atoms with E-state index in [4.69, 9.17) is 5.11 Å². The normalized spacial score (nSPS) is 11.1. The number of hydrogen-bond donors (Lipinski definition) is 2. The van der Waals surface area contributed by atoms with Gasteiger partial charge in [0, 0.05) is 6.54 Å². The number of halogens is 2. The third-order valence-corrected chi connectivity index (χ3v) is 2.13. The molecule has 7 nitrogen and oxygen atoms in total. The SMILES string of the molecule is O=C(O)CCNc1ccc2nnc(C(F)F)n2n1. The van der Waals surface area contributed by atoms with Gasteiger partial charge < -0.3 is 10.4 Å². The predicted molar refractivity (Wildman–Crippen MR) is 56.5 cm³/mol. The van der Waals surface area contributed by atoms with Crippen LogP contribution in [0.5, 0.6) is 0 Å². The van der Waals surface area contributed by atoms with Gasteiger partial charge in [-0.2, -0.15) is 4.52 Å². The summed E-state index contributed by atoms with van der Waals surface area (Å²) in [6.07, 6.45) is -2.87. The number of aromatic nitrogens is 4. The average Bonchev–Trinajstić information content (AvgIpc) is 2.71. The summed E-state index contributed by atoms with van der Waals surface area (Å²) in [5.41, 5.74) is 0.203. The smallest absolute Gasteiger partial charge is 0.305 e. The Kier molecular flexibility index (Phi) is 3.31. The molecule has 0 bridgehead atoms. The molecule has 2 N–H and O–H groups in total. The molecule has 9 heteroatoms. The topological polar surface area (TPSA) is 92.4 Å². The monoisotopic (exact) mass is 257 g/mol. The molecule has 2 aromatic rings. The first kappa shape index (κ1) is 12.1. The van der Waals surface area contributed by atoms with Crippen LogP contribution in [0, 0.1) is 0 Å². The van der Waals surface area contributed by atoms with Gasteiger partial charge in [-0.1, -0.05) is 0 Å². The molecule has 2 aromatic heterocycles. The molecule has 0 saturated carbocycles. The van der Waals surface area contributed by atoms with Crippen LogP contribution in [0.3, 0.4) is 0 Å². The fraction of sp³-hybridized carbons (Fsp3) is 0.333. The summed E-state index contributed by atoms with van der Waals surface area (Å²) in [7, 11) is 0. The van der Waals surface area contributed by atoms with Gasteiger partial charge in [-0.15, -0.1) is 15.3 Å². The second kappa shape index (κ2) is 4.90. The number of aliphatic carboxylic acids is 1. The highest BCUT2D eigenvalue weighted by Crippen LogP contribution is 2.17. The maximum Gasteiger partial charge on any atom is 0.305 e. The van der Waals surface area contributed by atoms with Crippen molar-refractivity contribution in [1.82, 2.24) is 19.8 Å². The van der Waals surface area contributed by atoms with E-state index >= 15 is 0 Å². The van der Waals surface area contributed by atoms with E-state index in [1.165, 1.54) is 12.1 Å². The second-order valence-corrected chi connectivity index (χ2v) is 3.42. The zero-order valence-corrected chi connectivity index (χ0v) is 9.05. The highest BCUT2D eigenvalue weighted by atomic mass is 19.3. The number of alkyl halides is 2. The van der Waals surface area contributed by atoms with E-state index in [1.54, 1.807) is 0 Å². The van der Waals surface area contributed by atoms with Crippen molar-refractivity contribution in [3.63, 3.8) is 0 Å². The van der Waals surface area contributed by atoms with Gasteiger partial charge in [0.2, 0.25) is 5.82 Å². The van der Waals surface area contributed by atoms with Crippen molar-refractivity contribution in [1.29, 1.82) is 0 Å². The number of hydrogen-bond acceptors (Lipinski definition) is 5. The van der Waals surface area contributed by atoms with Crippen molar-refractivity contribution in [2.24, 2.45) is 0 Å². The largest absolute Gasteiger partial charge is 0.481 e. The first-order valence-electron chi connectivity index (χ1n) is 5.04. The molecule has 0 saturated heterocycles. The predicted octanol–water partition coefficient (Wildman–Crippen LogP) is 0.948. The van der Waals surface area contributed by atoms with Crippen LogP contribution in [0.15, 0.2) is 12.1 Å². The maximum atomic E-state index is 12.6. The Morgan fingerprint density at radius 2 is 2.22 bits per heavy atom. The number of nitrogens with one attached hydrogen (secondary N) is 1. The third-order valence-electron chi connectivity index (χ3n) is 2.13. The van der Waals surface area contributed by atoms with Gasteiger partial charge >= 0.3 is 5.97 Å². The molecule has 18 heavy (non-hydrogen) atoms. The zero-order chi connectivity index (χ0) is 13.1. The Labute approximate surface area is 99.4 Å². The van der Waals surface area contributed by atoms with Crippen LogP contribution in [0.4, 0.5) is 14.6 Å². The summed E-state index contributed by atoms with van der Waals surface area (Å²) in [6.45, 7) is 0.153. The molecule has 0 atom stereocenters. The number of anilines is 1. The van der Waals surface area contributed by atoms with E-state index in [1.807, 2.05) is 0 Å². The molecular weight excluding hydrogens is 248 g/mol. The molecule has 0 aliphatic heterocycles. The van der Waals surface area contributed by atoms with Gasteiger partial charge in [0.25, 0.3) is 6.43 Å². The van der Waals surface area contributed by atoms with Crippen molar-refractivity contribution in [3.05, 3.63) is 18.0 Å². The van der Waals surface area contributed by atoms with Gasteiger partial charge in [-0.25, -0.2) is 8.78 Å². The average molecular weight is 257 g/mol. The minimum atomic E-state index is -2.78. The number of carboxylic acids is 1. The molecule has 0 aliphatic carbocycles. The molecular formula is C9H9F2N5O2. The lowest BCUT2D eigenvalue weighted by atomic mass is 10.4. The molecule has 0 unspecified atom stereocenters. The number of carbonyl (C=O) groups is 1. The van der Waals surface area contributed by atoms with Crippen LogP contribution in [0.2, 0.25) is 0 Å². The van der Waals surface area contributed by atoms with E-state index in [0.717, 1.165) is 4.52 Å². The van der Waals surface area contributed by atoms with E-state index < -0.39 is 18.2 Å². The van der Waals surface area contributed by atoms with Gasteiger partial charge in [0.05, 0.1) is 6.42 Å². The summed E-state index contributed by atoms with van der Waals surface area (Å²) in [4.78, 5) is 10.3. The molecule has 0 amide bonds. The van der Waals surface area contributed by atoms with Crippen LogP contribution in [-0.4, -0.2) is 37.4 Å². The van der Waals surface area contributed by atoms with Gasteiger partial charge in [-0.05, 0) is 12.1 Å². The summed E-state index contributed by atoms with van der Waals surface area (Å²) >= 11 is 0. The Hall–Kier alpha value is -2.32. The number of rotatable bonds is 5. The molecule has 0 fully saturated rings. The molecule has 96 valence electrons. The maximum absolute atomic E-state index is 12.6. The van der Waals surface area contributed by atoms with E-state index in [2.05, 4.69) is 20.6 Å². The summed E-state index contributed by atoms with van der Waals surface area (Å²) in [5.74, 6) is -1.22. The molecule has 0 radical (unpaired) electrons. The zero-order valence-electron chi connectivity index (χ0n) is 9.05. The third kappa shape index (κ3) is 2.50. The highest BCUT2D eigenvalue weighted by Gasteiger charge is 2.16. The molecule has 2 rings (SSSR count). The fourth-order valence-corrected chi connectivity index (χ4v) is 1.33. The van der Waals surface area contributed by atoms with E-state index in [0.29, 0.717) is 0 Å². The van der Waals surface area contributed by atoms with Crippen molar-refractivity contribution in [2.45, 2.75) is 12.8 Å². The minimum absolute atomic E-state index is 0.0937. The van der Waals surface area contributed by atoms with Crippen LogP contribution >= 0.6 is 0 Å². The van der Waals surface area contributed by atoms with Gasteiger partial charge in [0.1, 0.15) is 5.82 Å². The summed E-state index contributed by atoms with van der Waals surface area (Å²) in [6, 6.07) is 2.98. The number of fused-ring (bicyclic) bond motifs is 1. The summed E-state index contributed by atoms with van der Waals surface area (Å²) in [5, 5.41) is 21.9. The van der Waals surface area contributed by atoms with Crippen molar-refractivity contribution < 1.29 is 18.7 Å². The number of carboxylic acid groups (broad SMARTS) is 1. The summed E-state index contributed by atoms with van der Waals surface area (Å²) < 4.78 is 26.0. The Morgan fingerprint density at radius 1 is 1.44 bits per heavy atom. The first-order valence-corrected chi connectivity index (χ1v) is 5.04. The molecule has 2 heterocycles. The standard InChI is InChI=1S/C9H9F2N5O2/c10-8(11)9-14-13-6-2-1-5(15-16(6)9)12-4-3-7(17)18/h1-2,8H,3-4H2,(H,12,15)(H,17,18). The van der Waals surface area contributed by atoms with Crippen molar-refractivity contribution in [2.75, 3.05) is 11.9 Å². The van der Waals surface area contributed by atoms with Crippen LogP contribution < -0.4 is 5.32 Å². The number of nitrogens with zero attached hydrogens (tertiary/aromatic N) is 4. The van der Waals surface area contributed by atoms with E-state index in [-0.39, 0.29) is 24.4 Å². The van der Waals surface area contributed by atoms with Gasteiger partial charge in [-0.3, -0.25) is 4.79 Å². The Balaban J connectivity index is 2.20. The lowest BCUT2D eigenvalue weighted by molar-refractivity contribution is -0.136. The lowest BCUT2D eigenvalue weighted by Gasteiger charge is -2.04.